The highest BCUT2D eigenvalue weighted by Crippen LogP contribution is 2.58. The Morgan fingerprint density at radius 3 is 1.72 bits per heavy atom. The normalized spacial score (nSPS) is 16.6. The van der Waals surface area contributed by atoms with Crippen LogP contribution in [-0.4, -0.2) is 35.0 Å². The van der Waals surface area contributed by atoms with Crippen LogP contribution >= 0.6 is 0 Å². The number of aliphatic hydroxyl groups excluding tert-OH is 1. The zero-order valence-corrected chi connectivity index (χ0v) is 15.0. The first-order chi connectivity index (χ1) is 12.8. The molecule has 0 aliphatic rings. The average Bonchev–Trinajstić information content (AvgIpc) is 2.59. The minimum atomic E-state index is -7.47. The molecule has 0 saturated carbocycles. The van der Waals surface area contributed by atoms with E-state index in [1.54, 1.807) is 13.8 Å². The monoisotopic (exact) mass is 446 g/mol. The summed E-state index contributed by atoms with van der Waals surface area (Å²) < 4.78 is 143. The molecule has 1 nitrogen and oxygen atoms in total. The topological polar surface area (TPSA) is 20.2 Å². The summed E-state index contributed by atoms with van der Waals surface area (Å²) in [6.45, 7) is 3.46. The van der Waals surface area contributed by atoms with Crippen molar-refractivity contribution in [2.24, 2.45) is 0 Å². The lowest BCUT2D eigenvalue weighted by Gasteiger charge is -2.37. The van der Waals surface area contributed by atoms with Crippen LogP contribution in [0.1, 0.15) is 49.8 Å². The Labute approximate surface area is 158 Å². The van der Waals surface area contributed by atoms with Crippen LogP contribution in [0.25, 0.3) is 0 Å². The second-order valence-electron chi connectivity index (χ2n) is 6.62. The van der Waals surface area contributed by atoms with Crippen LogP contribution in [-0.2, 0) is 0 Å². The number of benzene rings is 1. The van der Waals surface area contributed by atoms with Crippen molar-refractivity contribution in [3.8, 4) is 0 Å². The van der Waals surface area contributed by atoms with Crippen LogP contribution in [0.15, 0.2) is 24.3 Å². The fraction of sp³-hybridized carbons (Fsp3) is 0.647. The predicted octanol–water partition coefficient (Wildman–Crippen LogP) is 6.73. The van der Waals surface area contributed by atoms with E-state index in [4.69, 9.17) is 0 Å². The molecule has 0 radical (unpaired) electrons. The van der Waals surface area contributed by atoms with Crippen molar-refractivity contribution in [3.05, 3.63) is 35.4 Å². The molecular weight excluding hydrogens is 429 g/mol. The summed E-state index contributed by atoms with van der Waals surface area (Å²) in [4.78, 5) is 0. The van der Waals surface area contributed by atoms with Gasteiger partial charge in [0, 0.05) is 6.42 Å². The summed E-state index contributed by atoms with van der Waals surface area (Å²) in [6.07, 6.45) is -11.7. The molecule has 0 bridgehead atoms. The Bertz CT molecular complexity index is 697. The van der Waals surface area contributed by atoms with Crippen LogP contribution in [0.3, 0.4) is 0 Å². The van der Waals surface area contributed by atoms with E-state index in [-0.39, 0.29) is 5.92 Å². The Balaban J connectivity index is 3.24. The fourth-order valence-corrected chi connectivity index (χ4v) is 2.40. The van der Waals surface area contributed by atoms with Gasteiger partial charge < -0.3 is 5.11 Å². The third-order valence-corrected chi connectivity index (χ3v) is 4.53. The van der Waals surface area contributed by atoms with Gasteiger partial charge in [0.25, 0.3) is 0 Å². The van der Waals surface area contributed by atoms with Crippen molar-refractivity contribution in [2.45, 2.75) is 68.6 Å². The Morgan fingerprint density at radius 2 is 1.28 bits per heavy atom. The summed E-state index contributed by atoms with van der Waals surface area (Å²) in [6, 6.07) is 4.88. The molecule has 1 N–H and O–H groups in total. The molecule has 2 unspecified atom stereocenters. The second kappa shape index (κ2) is 7.92. The second-order valence-corrected chi connectivity index (χ2v) is 6.62. The quantitative estimate of drug-likeness (QED) is 0.439. The molecule has 0 aromatic heterocycles. The maximum Gasteiger partial charge on any atom is 0.460 e. The lowest BCUT2D eigenvalue weighted by atomic mass is 9.90. The van der Waals surface area contributed by atoms with Crippen molar-refractivity contribution in [1.29, 1.82) is 0 Å². The van der Waals surface area contributed by atoms with Gasteiger partial charge in [-0.05, 0) is 23.5 Å². The number of hydrogen-bond donors (Lipinski definition) is 1. The van der Waals surface area contributed by atoms with Gasteiger partial charge in [-0.3, -0.25) is 0 Å². The average molecular weight is 446 g/mol. The minimum Gasteiger partial charge on any atom is -0.388 e. The van der Waals surface area contributed by atoms with E-state index < -0.39 is 48.0 Å². The van der Waals surface area contributed by atoms with E-state index in [1.807, 2.05) is 0 Å². The number of alkyl halides is 11. The van der Waals surface area contributed by atoms with Crippen molar-refractivity contribution in [2.75, 3.05) is 0 Å². The molecular formula is C17H17F11O. The zero-order valence-electron chi connectivity index (χ0n) is 15.0. The smallest absolute Gasteiger partial charge is 0.388 e. The van der Waals surface area contributed by atoms with E-state index in [1.165, 1.54) is 12.1 Å². The van der Waals surface area contributed by atoms with Gasteiger partial charge in [0.05, 0.1) is 6.10 Å². The SMILES string of the molecule is CCC(C)c1cccc(C(O)CC(F)(F)C(F)(F)C(F)(F)C(F)(F)C(F)(F)F)c1. The van der Waals surface area contributed by atoms with Gasteiger partial charge in [0.1, 0.15) is 0 Å². The van der Waals surface area contributed by atoms with E-state index in [0.29, 0.717) is 12.0 Å². The van der Waals surface area contributed by atoms with Crippen molar-refractivity contribution >= 4 is 0 Å². The molecule has 1 aromatic rings. The summed E-state index contributed by atoms with van der Waals surface area (Å²) in [5.41, 5.74) is 0.0669. The maximum atomic E-state index is 13.8. The number of aliphatic hydroxyl groups is 1. The number of halogens is 11. The van der Waals surface area contributed by atoms with Gasteiger partial charge in [-0.15, -0.1) is 0 Å². The first-order valence-electron chi connectivity index (χ1n) is 8.19. The molecule has 0 aliphatic carbocycles. The Hall–Kier alpha value is -1.59. The van der Waals surface area contributed by atoms with Crippen molar-refractivity contribution in [3.63, 3.8) is 0 Å². The summed E-state index contributed by atoms with van der Waals surface area (Å²) >= 11 is 0. The highest BCUT2D eigenvalue weighted by atomic mass is 19.4. The van der Waals surface area contributed by atoms with Crippen LogP contribution < -0.4 is 0 Å². The largest absolute Gasteiger partial charge is 0.460 e. The molecule has 1 rings (SSSR count). The Kier molecular flexibility index (Phi) is 6.95. The first-order valence-corrected chi connectivity index (χ1v) is 8.19. The van der Waals surface area contributed by atoms with Crippen molar-refractivity contribution in [1.82, 2.24) is 0 Å². The maximum absolute atomic E-state index is 13.8. The van der Waals surface area contributed by atoms with Gasteiger partial charge in [-0.25, -0.2) is 0 Å². The van der Waals surface area contributed by atoms with Gasteiger partial charge >= 0.3 is 29.9 Å². The molecule has 0 aliphatic heterocycles. The van der Waals surface area contributed by atoms with Gasteiger partial charge in [-0.2, -0.15) is 48.3 Å². The summed E-state index contributed by atoms with van der Waals surface area (Å²) in [5.74, 6) is -28.3. The molecule has 0 saturated heterocycles. The zero-order chi connectivity index (χ0) is 23.1. The molecule has 2 atom stereocenters. The molecule has 0 amide bonds. The highest BCUT2D eigenvalue weighted by molar-refractivity contribution is 5.28. The van der Waals surface area contributed by atoms with E-state index >= 15 is 0 Å². The fourth-order valence-electron chi connectivity index (χ4n) is 2.40. The molecule has 12 heteroatoms. The molecule has 168 valence electrons. The van der Waals surface area contributed by atoms with Gasteiger partial charge in [0.15, 0.2) is 0 Å². The van der Waals surface area contributed by atoms with E-state index in [9.17, 15) is 53.4 Å². The molecule has 0 fully saturated rings. The number of rotatable bonds is 8. The van der Waals surface area contributed by atoms with Crippen LogP contribution in [0, 0.1) is 0 Å². The predicted molar refractivity (Wildman–Crippen MR) is 80.6 cm³/mol. The van der Waals surface area contributed by atoms with Gasteiger partial charge in [0.2, 0.25) is 0 Å². The third-order valence-electron chi connectivity index (χ3n) is 4.53. The standard InChI is InChI=1S/C17H17F11O/c1-3-9(2)10-5-4-6-11(7-10)12(29)8-13(18,19)14(20,21)15(22,23)16(24,25)17(26,27)28/h4-7,9,12,29H,3,8H2,1-2H3. The van der Waals surface area contributed by atoms with Crippen LogP contribution in [0.2, 0.25) is 0 Å². The van der Waals surface area contributed by atoms with Crippen LogP contribution in [0.5, 0.6) is 0 Å². The summed E-state index contributed by atoms with van der Waals surface area (Å²) in [7, 11) is 0. The lowest BCUT2D eigenvalue weighted by molar-refractivity contribution is -0.423. The lowest BCUT2D eigenvalue weighted by Crippen LogP contribution is -2.66. The molecule has 1 aromatic carbocycles. The molecule has 29 heavy (non-hydrogen) atoms. The molecule has 0 heterocycles. The summed E-state index contributed by atoms with van der Waals surface area (Å²) in [5, 5.41) is 9.76. The minimum absolute atomic E-state index is 0.154. The van der Waals surface area contributed by atoms with Crippen LogP contribution in [0.4, 0.5) is 48.3 Å². The van der Waals surface area contributed by atoms with Gasteiger partial charge in [-0.1, -0.05) is 38.1 Å². The Morgan fingerprint density at radius 1 is 0.793 bits per heavy atom. The molecule has 0 spiro atoms. The first kappa shape index (κ1) is 25.4. The van der Waals surface area contributed by atoms with Crippen molar-refractivity contribution < 1.29 is 53.4 Å². The van der Waals surface area contributed by atoms with E-state index in [2.05, 4.69) is 0 Å². The third kappa shape index (κ3) is 4.46. The number of hydrogen-bond acceptors (Lipinski definition) is 1. The highest BCUT2D eigenvalue weighted by Gasteiger charge is 2.87. The van der Waals surface area contributed by atoms with E-state index in [0.717, 1.165) is 12.1 Å².